The van der Waals surface area contributed by atoms with Crippen molar-refractivity contribution >= 4 is 0 Å². The standard InChI is InChI=1S/C18H29N/c1-4-19-18-9-7-5-6-8-16(18)13-17-12-14(2)10-11-15(17)3/h10-12,16,18-19H,4-9,13H2,1-3H3. The van der Waals surface area contributed by atoms with Crippen molar-refractivity contribution in [3.8, 4) is 0 Å². The Morgan fingerprint density at radius 2 is 1.89 bits per heavy atom. The highest BCUT2D eigenvalue weighted by molar-refractivity contribution is 5.31. The van der Waals surface area contributed by atoms with Gasteiger partial charge in [-0.15, -0.1) is 0 Å². The minimum absolute atomic E-state index is 0.729. The Hall–Kier alpha value is -0.820. The molecule has 1 N–H and O–H groups in total. The second-order valence-corrected chi connectivity index (χ2v) is 6.20. The van der Waals surface area contributed by atoms with Crippen LogP contribution in [0.15, 0.2) is 18.2 Å². The maximum Gasteiger partial charge on any atom is 0.00983 e. The van der Waals surface area contributed by atoms with Crippen molar-refractivity contribution in [2.75, 3.05) is 6.54 Å². The van der Waals surface area contributed by atoms with E-state index in [-0.39, 0.29) is 0 Å². The molecule has 1 aromatic rings. The first-order chi connectivity index (χ1) is 9.20. The first kappa shape index (κ1) is 14.6. The lowest BCUT2D eigenvalue weighted by molar-refractivity contribution is 0.337. The van der Waals surface area contributed by atoms with Gasteiger partial charge in [0.25, 0.3) is 0 Å². The highest BCUT2D eigenvalue weighted by atomic mass is 14.9. The summed E-state index contributed by atoms with van der Waals surface area (Å²) in [5.74, 6) is 0.822. The Labute approximate surface area is 118 Å². The molecule has 1 nitrogen and oxygen atoms in total. The van der Waals surface area contributed by atoms with Gasteiger partial charge >= 0.3 is 0 Å². The lowest BCUT2D eigenvalue weighted by Gasteiger charge is -2.26. The fourth-order valence-corrected chi connectivity index (χ4v) is 3.46. The Kier molecular flexibility index (Phi) is 5.45. The van der Waals surface area contributed by atoms with Crippen LogP contribution in [0, 0.1) is 19.8 Å². The molecule has 2 unspecified atom stereocenters. The number of nitrogens with one attached hydrogen (secondary N) is 1. The van der Waals surface area contributed by atoms with Crippen molar-refractivity contribution in [2.45, 2.75) is 65.3 Å². The third-order valence-corrected chi connectivity index (χ3v) is 4.61. The van der Waals surface area contributed by atoms with Gasteiger partial charge in [-0.3, -0.25) is 0 Å². The van der Waals surface area contributed by atoms with Crippen molar-refractivity contribution in [3.05, 3.63) is 34.9 Å². The molecule has 0 saturated heterocycles. The second kappa shape index (κ2) is 7.09. The van der Waals surface area contributed by atoms with Gasteiger partial charge in [-0.05, 0) is 56.7 Å². The molecule has 2 rings (SSSR count). The van der Waals surface area contributed by atoms with E-state index in [0.717, 1.165) is 18.5 Å². The molecule has 0 radical (unpaired) electrons. The van der Waals surface area contributed by atoms with E-state index in [1.54, 1.807) is 5.56 Å². The fourth-order valence-electron chi connectivity index (χ4n) is 3.46. The van der Waals surface area contributed by atoms with Crippen LogP contribution in [-0.2, 0) is 6.42 Å². The Morgan fingerprint density at radius 1 is 1.11 bits per heavy atom. The number of rotatable bonds is 4. The zero-order valence-electron chi connectivity index (χ0n) is 12.8. The van der Waals surface area contributed by atoms with E-state index in [1.807, 2.05) is 0 Å². The van der Waals surface area contributed by atoms with Crippen LogP contribution in [-0.4, -0.2) is 12.6 Å². The van der Waals surface area contributed by atoms with Crippen molar-refractivity contribution in [1.82, 2.24) is 5.32 Å². The quantitative estimate of drug-likeness (QED) is 0.790. The topological polar surface area (TPSA) is 12.0 Å². The molecule has 1 saturated carbocycles. The molecule has 0 aliphatic heterocycles. The predicted molar refractivity (Wildman–Crippen MR) is 83.7 cm³/mol. The summed E-state index contributed by atoms with van der Waals surface area (Å²) >= 11 is 0. The van der Waals surface area contributed by atoms with E-state index >= 15 is 0 Å². The third kappa shape index (κ3) is 4.07. The van der Waals surface area contributed by atoms with Crippen molar-refractivity contribution in [3.63, 3.8) is 0 Å². The molecular weight excluding hydrogens is 230 g/mol. The van der Waals surface area contributed by atoms with Gasteiger partial charge in [0.15, 0.2) is 0 Å². The minimum atomic E-state index is 0.729. The molecular formula is C18H29N. The third-order valence-electron chi connectivity index (χ3n) is 4.61. The van der Waals surface area contributed by atoms with Crippen LogP contribution in [0.1, 0.15) is 55.7 Å². The summed E-state index contributed by atoms with van der Waals surface area (Å²) in [6.45, 7) is 7.80. The maximum absolute atomic E-state index is 3.73. The largest absolute Gasteiger partial charge is 0.314 e. The molecule has 0 amide bonds. The van der Waals surface area contributed by atoms with Gasteiger partial charge in [0.05, 0.1) is 0 Å². The van der Waals surface area contributed by atoms with Crippen LogP contribution in [0.5, 0.6) is 0 Å². The molecule has 0 aromatic heterocycles. The molecule has 0 bridgehead atoms. The molecule has 2 atom stereocenters. The molecule has 1 fully saturated rings. The Balaban J connectivity index is 2.11. The van der Waals surface area contributed by atoms with Crippen molar-refractivity contribution in [2.24, 2.45) is 5.92 Å². The van der Waals surface area contributed by atoms with Crippen LogP contribution < -0.4 is 5.32 Å². The van der Waals surface area contributed by atoms with Gasteiger partial charge in [0, 0.05) is 6.04 Å². The summed E-state index contributed by atoms with van der Waals surface area (Å²) in [6.07, 6.45) is 8.25. The first-order valence-electron chi connectivity index (χ1n) is 8.00. The lowest BCUT2D eigenvalue weighted by Crippen LogP contribution is -2.36. The molecule has 1 aromatic carbocycles. The van der Waals surface area contributed by atoms with Crippen molar-refractivity contribution < 1.29 is 0 Å². The number of benzene rings is 1. The minimum Gasteiger partial charge on any atom is -0.314 e. The normalized spacial score (nSPS) is 24.2. The van der Waals surface area contributed by atoms with E-state index in [1.165, 1.54) is 49.7 Å². The fraction of sp³-hybridized carbons (Fsp3) is 0.667. The van der Waals surface area contributed by atoms with E-state index in [2.05, 4.69) is 44.3 Å². The van der Waals surface area contributed by atoms with Crippen LogP contribution in [0.3, 0.4) is 0 Å². The number of hydrogen-bond donors (Lipinski definition) is 1. The van der Waals surface area contributed by atoms with E-state index < -0.39 is 0 Å². The summed E-state index contributed by atoms with van der Waals surface area (Å²) in [7, 11) is 0. The first-order valence-corrected chi connectivity index (χ1v) is 8.00. The predicted octanol–water partition coefficient (Wildman–Crippen LogP) is 4.40. The van der Waals surface area contributed by atoms with Crippen LogP contribution in [0.25, 0.3) is 0 Å². The number of aryl methyl sites for hydroxylation is 2. The zero-order valence-corrected chi connectivity index (χ0v) is 12.8. The average molecular weight is 259 g/mol. The highest BCUT2D eigenvalue weighted by Gasteiger charge is 2.23. The van der Waals surface area contributed by atoms with Crippen LogP contribution in [0.4, 0.5) is 0 Å². The summed E-state index contributed by atoms with van der Waals surface area (Å²) in [6, 6.07) is 7.63. The lowest BCUT2D eigenvalue weighted by atomic mass is 9.86. The van der Waals surface area contributed by atoms with Gasteiger partial charge in [-0.1, -0.05) is 49.9 Å². The molecule has 106 valence electrons. The van der Waals surface area contributed by atoms with Crippen LogP contribution >= 0.6 is 0 Å². The van der Waals surface area contributed by atoms with E-state index in [4.69, 9.17) is 0 Å². The summed E-state index contributed by atoms with van der Waals surface area (Å²) in [5, 5.41) is 3.73. The average Bonchev–Trinajstić information content (AvgIpc) is 2.60. The maximum atomic E-state index is 3.73. The second-order valence-electron chi connectivity index (χ2n) is 6.20. The van der Waals surface area contributed by atoms with Gasteiger partial charge < -0.3 is 5.32 Å². The van der Waals surface area contributed by atoms with Gasteiger partial charge in [0.2, 0.25) is 0 Å². The van der Waals surface area contributed by atoms with Gasteiger partial charge in [-0.2, -0.15) is 0 Å². The summed E-state index contributed by atoms with van der Waals surface area (Å²) in [4.78, 5) is 0. The molecule has 0 heterocycles. The molecule has 1 heteroatoms. The van der Waals surface area contributed by atoms with Crippen LogP contribution in [0.2, 0.25) is 0 Å². The summed E-state index contributed by atoms with van der Waals surface area (Å²) in [5.41, 5.74) is 4.43. The van der Waals surface area contributed by atoms with Gasteiger partial charge in [0.1, 0.15) is 0 Å². The highest BCUT2D eigenvalue weighted by Crippen LogP contribution is 2.28. The molecule has 19 heavy (non-hydrogen) atoms. The summed E-state index contributed by atoms with van der Waals surface area (Å²) < 4.78 is 0. The zero-order chi connectivity index (χ0) is 13.7. The van der Waals surface area contributed by atoms with Gasteiger partial charge in [-0.25, -0.2) is 0 Å². The van der Waals surface area contributed by atoms with Crippen molar-refractivity contribution in [1.29, 1.82) is 0 Å². The molecule has 1 aliphatic rings. The smallest absolute Gasteiger partial charge is 0.00983 e. The SMILES string of the molecule is CCNC1CCCCCC1Cc1cc(C)ccc1C. The number of hydrogen-bond acceptors (Lipinski definition) is 1. The Bertz CT molecular complexity index is 397. The van der Waals surface area contributed by atoms with E-state index in [0.29, 0.717) is 0 Å². The monoisotopic (exact) mass is 259 g/mol. The molecule has 0 spiro atoms. The van der Waals surface area contributed by atoms with E-state index in [9.17, 15) is 0 Å². The Morgan fingerprint density at radius 3 is 2.68 bits per heavy atom. The molecule has 1 aliphatic carbocycles.